The maximum Gasteiger partial charge on any atom is 0.232 e. The largest absolute Gasteiger partial charge is 0.232 e. The molecule has 0 aliphatic rings. The van der Waals surface area contributed by atoms with Crippen LogP contribution in [0.4, 0.5) is 0 Å². The van der Waals surface area contributed by atoms with Gasteiger partial charge in [0.15, 0.2) is 11.9 Å². The average molecular weight is 726 g/mol. The van der Waals surface area contributed by atoms with Gasteiger partial charge in [0, 0.05) is 35.0 Å². The molecule has 0 atom stereocenters. The monoisotopic (exact) mass is 725 g/mol. The van der Waals surface area contributed by atoms with E-state index in [1.807, 2.05) is 6.20 Å². The summed E-state index contributed by atoms with van der Waals surface area (Å²) in [6.07, 6.45) is 4.04. The number of nitrogens with zero attached hydrogens (tertiary/aromatic N) is 6. The summed E-state index contributed by atoms with van der Waals surface area (Å²) in [4.78, 5) is 0. The van der Waals surface area contributed by atoms with E-state index >= 15 is 0 Å². The van der Waals surface area contributed by atoms with Crippen LogP contribution in [0, 0.1) is 0 Å². The number of hydrogen-bond donors (Lipinski definition) is 0. The SMILES string of the molecule is CC[n+]1ccccc1-c1cnnn1C(c1ccccc1-c1c2ccccc2c2ccccc2[n+]1C)c1ccccc1-c1c2ccccc2c2ccccc2[n+]1C. The van der Waals surface area contributed by atoms with E-state index in [1.54, 1.807) is 0 Å². The van der Waals surface area contributed by atoms with Crippen molar-refractivity contribution in [1.29, 1.82) is 0 Å². The minimum absolute atomic E-state index is 0.360. The van der Waals surface area contributed by atoms with Crippen molar-refractivity contribution in [2.75, 3.05) is 0 Å². The molecular formula is C50H41N6+3. The van der Waals surface area contributed by atoms with Crippen molar-refractivity contribution in [1.82, 2.24) is 15.0 Å². The standard InChI is InChI=1S/C50H41N6/c1-4-55-32-18-17-31-46(55)47-33-51-52-56(47)50(42-27-11-9-25-40(42)48-38-23-7-5-19-34(38)36-21-13-15-29-44(36)53(48)2)43-28-12-10-26-41(43)49-39-24-8-6-20-35(39)37-22-14-16-30-45(37)54(49)3/h5-33,50H,4H2,1-3H3/q+3. The Kier molecular flexibility index (Phi) is 8.18. The Labute approximate surface area is 325 Å². The van der Waals surface area contributed by atoms with Gasteiger partial charge in [-0.2, -0.15) is 13.7 Å². The molecule has 0 saturated carbocycles. The zero-order valence-electron chi connectivity index (χ0n) is 31.7. The second-order valence-corrected chi connectivity index (χ2v) is 14.5. The van der Waals surface area contributed by atoms with Crippen LogP contribution < -0.4 is 13.7 Å². The summed E-state index contributed by atoms with van der Waals surface area (Å²) >= 11 is 0. The minimum atomic E-state index is -0.360. The van der Waals surface area contributed by atoms with Gasteiger partial charge in [-0.05, 0) is 60.5 Å². The molecular weight excluding hydrogens is 685 g/mol. The molecule has 0 bridgehead atoms. The van der Waals surface area contributed by atoms with Crippen LogP contribution >= 0.6 is 0 Å². The maximum atomic E-state index is 5.00. The van der Waals surface area contributed by atoms with Gasteiger partial charge in [0.1, 0.15) is 26.7 Å². The smallest absolute Gasteiger partial charge is 0.226 e. The molecule has 56 heavy (non-hydrogen) atoms. The molecule has 0 saturated heterocycles. The Balaban J connectivity index is 1.33. The lowest BCUT2D eigenvalue weighted by atomic mass is 9.86. The molecule has 0 aliphatic heterocycles. The van der Waals surface area contributed by atoms with Crippen LogP contribution in [-0.4, -0.2) is 15.0 Å². The lowest BCUT2D eigenvalue weighted by molar-refractivity contribution is -0.683. The summed E-state index contributed by atoms with van der Waals surface area (Å²) in [6.45, 7) is 2.99. The summed E-state index contributed by atoms with van der Waals surface area (Å²) < 4.78 is 9.13. The number of para-hydroxylation sites is 2. The Morgan fingerprint density at radius 1 is 0.500 bits per heavy atom. The predicted octanol–water partition coefficient (Wildman–Crippen LogP) is 9.49. The van der Waals surface area contributed by atoms with Crippen LogP contribution in [-0.2, 0) is 20.6 Å². The average Bonchev–Trinajstić information content (AvgIpc) is 3.74. The Morgan fingerprint density at radius 2 is 0.946 bits per heavy atom. The highest BCUT2D eigenvalue weighted by molar-refractivity contribution is 6.10. The number of benzene rings is 6. The van der Waals surface area contributed by atoms with E-state index in [-0.39, 0.29) is 6.04 Å². The second kappa shape index (κ2) is 13.7. The predicted molar refractivity (Wildman–Crippen MR) is 225 cm³/mol. The molecule has 0 unspecified atom stereocenters. The first-order valence-corrected chi connectivity index (χ1v) is 19.3. The first-order valence-electron chi connectivity index (χ1n) is 19.3. The molecule has 10 aromatic rings. The summed E-state index contributed by atoms with van der Waals surface area (Å²) in [5.41, 5.74) is 11.2. The molecule has 4 heterocycles. The van der Waals surface area contributed by atoms with Gasteiger partial charge >= 0.3 is 0 Å². The van der Waals surface area contributed by atoms with Crippen LogP contribution in [0.15, 0.2) is 176 Å². The number of rotatable bonds is 7. The normalized spacial score (nSPS) is 11.7. The van der Waals surface area contributed by atoms with Gasteiger partial charge in [-0.15, -0.1) is 5.10 Å². The zero-order valence-corrected chi connectivity index (χ0v) is 31.7. The topological polar surface area (TPSA) is 42.4 Å². The van der Waals surface area contributed by atoms with E-state index in [9.17, 15) is 0 Å². The van der Waals surface area contributed by atoms with Crippen molar-refractivity contribution < 1.29 is 13.7 Å². The summed E-state index contributed by atoms with van der Waals surface area (Å²) in [7, 11) is 4.39. The van der Waals surface area contributed by atoms with Crippen LogP contribution in [0.3, 0.4) is 0 Å². The van der Waals surface area contributed by atoms with Gasteiger partial charge in [-0.25, -0.2) is 4.68 Å². The third-order valence-corrected chi connectivity index (χ3v) is 11.5. The Bertz CT molecular complexity index is 2960. The van der Waals surface area contributed by atoms with E-state index < -0.39 is 0 Å². The van der Waals surface area contributed by atoms with E-state index in [0.29, 0.717) is 0 Å². The molecule has 0 spiro atoms. The second-order valence-electron chi connectivity index (χ2n) is 14.5. The number of aryl methyl sites for hydroxylation is 3. The fourth-order valence-electron chi connectivity index (χ4n) is 9.03. The third-order valence-electron chi connectivity index (χ3n) is 11.5. The molecule has 0 aliphatic carbocycles. The molecule has 4 aromatic heterocycles. The minimum Gasteiger partial charge on any atom is -0.226 e. The highest BCUT2D eigenvalue weighted by Gasteiger charge is 2.34. The fraction of sp³-hybridized carbons (Fsp3) is 0.100. The number of aromatic nitrogens is 6. The lowest BCUT2D eigenvalue weighted by Gasteiger charge is -2.24. The Hall–Kier alpha value is -7.05. The molecule has 0 fully saturated rings. The van der Waals surface area contributed by atoms with Gasteiger partial charge in [0.05, 0.1) is 38.9 Å². The fourth-order valence-corrected chi connectivity index (χ4v) is 9.03. The van der Waals surface area contributed by atoms with Crippen molar-refractivity contribution in [2.45, 2.75) is 19.5 Å². The van der Waals surface area contributed by atoms with Gasteiger partial charge < -0.3 is 0 Å². The van der Waals surface area contributed by atoms with Crippen molar-refractivity contribution >= 4 is 43.4 Å². The number of fused-ring (bicyclic) bond motifs is 6. The highest BCUT2D eigenvalue weighted by Crippen LogP contribution is 2.43. The van der Waals surface area contributed by atoms with Gasteiger partial charge in [0.2, 0.25) is 28.1 Å². The van der Waals surface area contributed by atoms with Crippen LogP contribution in [0.1, 0.15) is 24.1 Å². The maximum absolute atomic E-state index is 5.00. The summed E-state index contributed by atoms with van der Waals surface area (Å²) in [5, 5.41) is 17.0. The molecule has 0 N–H and O–H groups in total. The zero-order chi connectivity index (χ0) is 37.8. The molecule has 0 radical (unpaired) electrons. The number of hydrogen-bond acceptors (Lipinski definition) is 2. The molecule has 0 amide bonds. The van der Waals surface area contributed by atoms with Crippen LogP contribution in [0.25, 0.3) is 77.3 Å². The highest BCUT2D eigenvalue weighted by atomic mass is 15.4. The summed E-state index contributed by atoms with van der Waals surface area (Å²) in [5.74, 6) is 0. The quantitative estimate of drug-likeness (QED) is 0.121. The summed E-state index contributed by atoms with van der Waals surface area (Å²) in [6, 6.07) is 58.7. The molecule has 6 nitrogen and oxygen atoms in total. The van der Waals surface area contributed by atoms with Crippen molar-refractivity contribution in [3.05, 3.63) is 187 Å². The van der Waals surface area contributed by atoms with Crippen molar-refractivity contribution in [3.63, 3.8) is 0 Å². The molecule has 6 aromatic carbocycles. The molecule has 10 rings (SSSR count). The first-order chi connectivity index (χ1) is 27.6. The lowest BCUT2D eigenvalue weighted by Crippen LogP contribution is -2.35. The van der Waals surface area contributed by atoms with E-state index in [4.69, 9.17) is 5.21 Å². The number of pyridine rings is 3. The van der Waals surface area contributed by atoms with E-state index in [2.05, 4.69) is 214 Å². The van der Waals surface area contributed by atoms with E-state index in [1.165, 1.54) is 43.4 Å². The van der Waals surface area contributed by atoms with Crippen molar-refractivity contribution in [2.24, 2.45) is 14.1 Å². The van der Waals surface area contributed by atoms with E-state index in [0.717, 1.165) is 51.6 Å². The van der Waals surface area contributed by atoms with Crippen LogP contribution in [0.5, 0.6) is 0 Å². The van der Waals surface area contributed by atoms with Gasteiger partial charge in [-0.3, -0.25) is 0 Å². The van der Waals surface area contributed by atoms with Gasteiger partial charge in [-0.1, -0.05) is 102 Å². The Morgan fingerprint density at radius 3 is 1.48 bits per heavy atom. The first kappa shape index (κ1) is 33.5. The third kappa shape index (κ3) is 5.21. The van der Waals surface area contributed by atoms with Crippen molar-refractivity contribution in [3.8, 4) is 33.9 Å². The van der Waals surface area contributed by atoms with Crippen LogP contribution in [0.2, 0.25) is 0 Å². The molecule has 6 heteroatoms. The van der Waals surface area contributed by atoms with Gasteiger partial charge in [0.25, 0.3) is 0 Å². The molecule has 268 valence electrons.